The number of amides is 1. The van der Waals surface area contributed by atoms with Gasteiger partial charge in [-0.25, -0.2) is 8.42 Å². The molecule has 0 bridgehead atoms. The highest BCUT2D eigenvalue weighted by molar-refractivity contribution is 7.92. The number of hydrogen-bond acceptors (Lipinski definition) is 5. The van der Waals surface area contributed by atoms with Crippen LogP contribution in [0, 0.1) is 0 Å². The standard InChI is InChI=1S/C15H30N2O4S/c1-2-3-4-12-22(19,20)13-15(18)17-9-6-14(7-10-17)21-11-5-8-16/h14H,2-13,16H2,1H3. The molecule has 1 rings (SSSR count). The molecule has 0 unspecified atom stereocenters. The molecule has 1 fully saturated rings. The van der Waals surface area contributed by atoms with Crippen molar-refractivity contribution in [3.63, 3.8) is 0 Å². The van der Waals surface area contributed by atoms with Crippen LogP contribution in [0.25, 0.3) is 0 Å². The average Bonchev–Trinajstić information content (AvgIpc) is 2.48. The first kappa shape index (κ1) is 19.4. The first-order valence-corrected chi connectivity index (χ1v) is 10.1. The number of nitrogens with two attached hydrogens (primary N) is 1. The minimum absolute atomic E-state index is 0.116. The fourth-order valence-corrected chi connectivity index (χ4v) is 3.88. The normalized spacial score (nSPS) is 16.9. The Morgan fingerprint density at radius 1 is 1.23 bits per heavy atom. The van der Waals surface area contributed by atoms with Crippen LogP contribution in [-0.2, 0) is 19.4 Å². The van der Waals surface area contributed by atoms with Gasteiger partial charge in [-0.2, -0.15) is 0 Å². The predicted molar refractivity (Wildman–Crippen MR) is 87.4 cm³/mol. The smallest absolute Gasteiger partial charge is 0.237 e. The number of sulfone groups is 1. The van der Waals surface area contributed by atoms with Gasteiger partial charge in [-0.1, -0.05) is 19.8 Å². The van der Waals surface area contributed by atoms with Crippen LogP contribution in [0.4, 0.5) is 0 Å². The Morgan fingerprint density at radius 2 is 1.91 bits per heavy atom. The Balaban J connectivity index is 2.30. The molecule has 0 aliphatic carbocycles. The van der Waals surface area contributed by atoms with E-state index in [1.54, 1.807) is 4.90 Å². The van der Waals surface area contributed by atoms with Gasteiger partial charge in [0.15, 0.2) is 9.84 Å². The number of piperidine rings is 1. The van der Waals surface area contributed by atoms with Gasteiger partial charge in [-0.15, -0.1) is 0 Å². The van der Waals surface area contributed by atoms with Gasteiger partial charge in [-0.3, -0.25) is 4.79 Å². The molecule has 1 saturated heterocycles. The molecule has 1 heterocycles. The maximum atomic E-state index is 12.1. The molecule has 0 aromatic rings. The second-order valence-electron chi connectivity index (χ2n) is 5.89. The van der Waals surface area contributed by atoms with Gasteiger partial charge >= 0.3 is 0 Å². The second kappa shape index (κ2) is 10.2. The minimum atomic E-state index is -3.27. The zero-order valence-electron chi connectivity index (χ0n) is 13.6. The van der Waals surface area contributed by atoms with Crippen LogP contribution in [0.3, 0.4) is 0 Å². The summed E-state index contributed by atoms with van der Waals surface area (Å²) in [6, 6.07) is 0. The molecule has 7 heteroatoms. The van der Waals surface area contributed by atoms with Crippen molar-refractivity contribution in [2.45, 2.75) is 51.6 Å². The van der Waals surface area contributed by atoms with E-state index in [1.807, 2.05) is 6.92 Å². The van der Waals surface area contributed by atoms with Crippen molar-refractivity contribution in [2.75, 3.05) is 37.7 Å². The number of carbonyl (C=O) groups is 1. The first-order chi connectivity index (χ1) is 10.5. The summed E-state index contributed by atoms with van der Waals surface area (Å²) in [4.78, 5) is 13.8. The van der Waals surface area contributed by atoms with Crippen molar-refractivity contribution in [1.82, 2.24) is 4.90 Å². The van der Waals surface area contributed by atoms with Crippen LogP contribution in [-0.4, -0.2) is 63.1 Å². The number of rotatable bonds is 10. The third-order valence-corrected chi connectivity index (χ3v) is 5.50. The van der Waals surface area contributed by atoms with E-state index in [0.717, 1.165) is 32.1 Å². The molecule has 0 aromatic carbocycles. The quantitative estimate of drug-likeness (QED) is 0.601. The Kier molecular flexibility index (Phi) is 8.97. The Morgan fingerprint density at radius 3 is 2.50 bits per heavy atom. The average molecular weight is 334 g/mol. The monoisotopic (exact) mass is 334 g/mol. The lowest BCUT2D eigenvalue weighted by molar-refractivity contribution is -0.131. The number of hydrogen-bond donors (Lipinski definition) is 1. The molecular weight excluding hydrogens is 304 g/mol. The zero-order chi connectivity index (χ0) is 16.4. The van der Waals surface area contributed by atoms with Crippen molar-refractivity contribution < 1.29 is 17.9 Å². The molecule has 2 N–H and O–H groups in total. The Bertz CT molecular complexity index is 417. The molecule has 22 heavy (non-hydrogen) atoms. The largest absolute Gasteiger partial charge is 0.378 e. The molecule has 1 amide bonds. The zero-order valence-corrected chi connectivity index (χ0v) is 14.4. The van der Waals surface area contributed by atoms with Crippen LogP contribution in [0.5, 0.6) is 0 Å². The highest BCUT2D eigenvalue weighted by Gasteiger charge is 2.26. The van der Waals surface area contributed by atoms with E-state index in [9.17, 15) is 13.2 Å². The van der Waals surface area contributed by atoms with Gasteiger partial charge in [-0.05, 0) is 32.2 Å². The van der Waals surface area contributed by atoms with Gasteiger partial charge in [0, 0.05) is 19.7 Å². The molecule has 130 valence electrons. The SMILES string of the molecule is CCCCCS(=O)(=O)CC(=O)N1CCC(OCCCN)CC1. The van der Waals surface area contributed by atoms with Gasteiger partial charge in [0.05, 0.1) is 11.9 Å². The third kappa shape index (κ3) is 7.56. The molecule has 0 atom stereocenters. The van der Waals surface area contributed by atoms with Crippen molar-refractivity contribution in [1.29, 1.82) is 0 Å². The molecule has 6 nitrogen and oxygen atoms in total. The molecule has 1 aliphatic heterocycles. The summed E-state index contributed by atoms with van der Waals surface area (Å²) in [6.45, 7) is 4.46. The number of unbranched alkanes of at least 4 members (excludes halogenated alkanes) is 2. The van der Waals surface area contributed by atoms with E-state index in [4.69, 9.17) is 10.5 Å². The van der Waals surface area contributed by atoms with Gasteiger partial charge in [0.1, 0.15) is 5.75 Å². The fraction of sp³-hybridized carbons (Fsp3) is 0.933. The van der Waals surface area contributed by atoms with E-state index in [0.29, 0.717) is 32.7 Å². The summed E-state index contributed by atoms with van der Waals surface area (Å²) in [6.07, 6.45) is 5.05. The van der Waals surface area contributed by atoms with Crippen molar-refractivity contribution in [3.05, 3.63) is 0 Å². The number of ether oxygens (including phenoxy) is 1. The van der Waals surface area contributed by atoms with Gasteiger partial charge < -0.3 is 15.4 Å². The van der Waals surface area contributed by atoms with Crippen LogP contribution in [0.1, 0.15) is 45.4 Å². The highest BCUT2D eigenvalue weighted by Crippen LogP contribution is 2.15. The van der Waals surface area contributed by atoms with Crippen LogP contribution in [0.2, 0.25) is 0 Å². The van der Waals surface area contributed by atoms with E-state index < -0.39 is 9.84 Å². The highest BCUT2D eigenvalue weighted by atomic mass is 32.2. The number of carbonyl (C=O) groups excluding carboxylic acids is 1. The lowest BCUT2D eigenvalue weighted by Gasteiger charge is -2.32. The van der Waals surface area contributed by atoms with Crippen LogP contribution >= 0.6 is 0 Å². The van der Waals surface area contributed by atoms with Gasteiger partial charge in [0.25, 0.3) is 0 Å². The van der Waals surface area contributed by atoms with Crippen molar-refractivity contribution >= 4 is 15.7 Å². The topological polar surface area (TPSA) is 89.7 Å². The van der Waals surface area contributed by atoms with Crippen molar-refractivity contribution in [3.8, 4) is 0 Å². The van der Waals surface area contributed by atoms with E-state index in [2.05, 4.69) is 0 Å². The van der Waals surface area contributed by atoms with Crippen molar-refractivity contribution in [2.24, 2.45) is 5.73 Å². The summed E-state index contributed by atoms with van der Waals surface area (Å²) >= 11 is 0. The van der Waals surface area contributed by atoms with E-state index in [-0.39, 0.29) is 23.5 Å². The molecule has 0 radical (unpaired) electrons. The Hall–Kier alpha value is -0.660. The first-order valence-electron chi connectivity index (χ1n) is 8.28. The molecule has 0 saturated carbocycles. The molecule has 0 spiro atoms. The van der Waals surface area contributed by atoms with Crippen LogP contribution < -0.4 is 5.73 Å². The summed E-state index contributed by atoms with van der Waals surface area (Å²) in [5.41, 5.74) is 5.42. The molecule has 1 aliphatic rings. The molecular formula is C15H30N2O4S. The Labute approximate surface area is 134 Å². The summed E-state index contributed by atoms with van der Waals surface area (Å²) in [5, 5.41) is 0. The predicted octanol–water partition coefficient (Wildman–Crippen LogP) is 0.948. The summed E-state index contributed by atoms with van der Waals surface area (Å²) in [5.74, 6) is -0.502. The lowest BCUT2D eigenvalue weighted by atomic mass is 10.1. The van der Waals surface area contributed by atoms with Crippen LogP contribution in [0.15, 0.2) is 0 Å². The van der Waals surface area contributed by atoms with E-state index >= 15 is 0 Å². The lowest BCUT2D eigenvalue weighted by Crippen LogP contribution is -2.43. The fourth-order valence-electron chi connectivity index (χ4n) is 2.53. The third-order valence-electron chi connectivity index (χ3n) is 3.90. The number of nitrogens with zero attached hydrogens (tertiary/aromatic N) is 1. The van der Waals surface area contributed by atoms with Gasteiger partial charge in [0.2, 0.25) is 5.91 Å². The maximum Gasteiger partial charge on any atom is 0.237 e. The minimum Gasteiger partial charge on any atom is -0.378 e. The summed E-state index contributed by atoms with van der Waals surface area (Å²) < 4.78 is 29.5. The summed E-state index contributed by atoms with van der Waals surface area (Å²) in [7, 11) is -3.27. The number of likely N-dealkylation sites (tertiary alicyclic amines) is 1. The van der Waals surface area contributed by atoms with E-state index in [1.165, 1.54) is 0 Å². The second-order valence-corrected chi connectivity index (χ2v) is 8.08. The maximum absolute atomic E-state index is 12.1. The molecule has 0 aromatic heterocycles.